The van der Waals surface area contributed by atoms with Crippen molar-refractivity contribution in [1.29, 1.82) is 0 Å². The van der Waals surface area contributed by atoms with E-state index in [0.29, 0.717) is 12.8 Å². The van der Waals surface area contributed by atoms with Gasteiger partial charge in [-0.1, -0.05) is 154 Å². The zero-order chi connectivity index (χ0) is 34.9. The fourth-order valence-electron chi connectivity index (χ4n) is 5.43. The van der Waals surface area contributed by atoms with E-state index >= 15 is 0 Å². The van der Waals surface area contributed by atoms with Gasteiger partial charge in [-0.05, 0) is 32.1 Å². The molecule has 47 heavy (non-hydrogen) atoms. The highest BCUT2D eigenvalue weighted by molar-refractivity contribution is 7.47. The Morgan fingerprint density at radius 1 is 0.723 bits per heavy atom. The van der Waals surface area contributed by atoms with Crippen LogP contribution in [0.1, 0.15) is 168 Å². The van der Waals surface area contributed by atoms with Gasteiger partial charge in [0.2, 0.25) is 5.91 Å². The quantitative estimate of drug-likeness (QED) is 0.0252. The molecule has 0 saturated heterocycles. The molecule has 0 aliphatic heterocycles. The number of carbonyl (C=O) groups is 1. The van der Waals surface area contributed by atoms with E-state index in [1.807, 2.05) is 6.08 Å². The summed E-state index contributed by atoms with van der Waals surface area (Å²) in [4.78, 5) is 22.6. The van der Waals surface area contributed by atoms with Crippen molar-refractivity contribution < 1.29 is 33.5 Å². The highest BCUT2D eigenvalue weighted by atomic mass is 31.2. The minimum atomic E-state index is -4.40. The standard InChI is InChI=1S/C37H73N2O7P/c1-3-5-7-9-11-13-15-17-18-20-22-24-26-28-34(40)32-37(42)39-35(33-46-47(43,44)45-31-30-38)36(41)29-27-25-23-21-19-16-14-12-10-8-6-4-2/h19,21,27,29,34-36,40-41H,3-18,20,22-26,28,30-33,38H2,1-2H3,(H,39,42)(H,43,44)/b21-19+,29-27+. The summed E-state index contributed by atoms with van der Waals surface area (Å²) in [5.74, 6) is -0.457. The number of unbranched alkanes of at least 4 members (excludes halogenated alkanes) is 19. The second-order valence-electron chi connectivity index (χ2n) is 13.0. The van der Waals surface area contributed by atoms with Crippen molar-refractivity contribution in [2.24, 2.45) is 5.73 Å². The maximum Gasteiger partial charge on any atom is 0.472 e. The molecule has 9 nitrogen and oxygen atoms in total. The van der Waals surface area contributed by atoms with Crippen LogP contribution in [0.3, 0.4) is 0 Å². The Balaban J connectivity index is 4.46. The van der Waals surface area contributed by atoms with Gasteiger partial charge in [-0.25, -0.2) is 4.57 Å². The minimum Gasteiger partial charge on any atom is -0.393 e. The lowest BCUT2D eigenvalue weighted by molar-refractivity contribution is -0.124. The van der Waals surface area contributed by atoms with Crippen molar-refractivity contribution in [3.63, 3.8) is 0 Å². The molecule has 0 aliphatic carbocycles. The molecule has 0 rings (SSSR count). The lowest BCUT2D eigenvalue weighted by atomic mass is 10.0. The highest BCUT2D eigenvalue weighted by Crippen LogP contribution is 2.43. The van der Waals surface area contributed by atoms with E-state index in [1.165, 1.54) is 103 Å². The van der Waals surface area contributed by atoms with E-state index in [4.69, 9.17) is 14.8 Å². The molecule has 0 aliphatic rings. The summed E-state index contributed by atoms with van der Waals surface area (Å²) < 4.78 is 21.9. The van der Waals surface area contributed by atoms with Gasteiger partial charge in [0.15, 0.2) is 0 Å². The Morgan fingerprint density at radius 2 is 1.21 bits per heavy atom. The van der Waals surface area contributed by atoms with Crippen molar-refractivity contribution >= 4 is 13.7 Å². The van der Waals surface area contributed by atoms with Crippen LogP contribution in [0.5, 0.6) is 0 Å². The molecule has 0 aromatic heterocycles. The molecule has 1 amide bonds. The molecule has 0 radical (unpaired) electrons. The molecule has 4 unspecified atom stereocenters. The molecule has 0 fully saturated rings. The molecule has 0 aromatic carbocycles. The number of hydrogen-bond donors (Lipinski definition) is 5. The lowest BCUT2D eigenvalue weighted by Gasteiger charge is -2.24. The molecular formula is C37H73N2O7P. The topological polar surface area (TPSA) is 151 Å². The van der Waals surface area contributed by atoms with Crippen LogP contribution in [-0.2, 0) is 18.4 Å². The summed E-state index contributed by atoms with van der Waals surface area (Å²) in [6.45, 7) is 3.91. The Kier molecular flexibility index (Phi) is 32.7. The highest BCUT2D eigenvalue weighted by Gasteiger charge is 2.27. The second-order valence-corrected chi connectivity index (χ2v) is 14.4. The average molecular weight is 689 g/mol. The summed E-state index contributed by atoms with van der Waals surface area (Å²) in [5, 5.41) is 23.9. The Bertz CT molecular complexity index is 812. The van der Waals surface area contributed by atoms with Crippen LogP contribution in [0, 0.1) is 0 Å². The summed E-state index contributed by atoms with van der Waals surface area (Å²) in [6, 6.07) is -0.993. The fraction of sp³-hybridized carbons (Fsp3) is 0.865. The average Bonchev–Trinajstić information content (AvgIpc) is 3.04. The van der Waals surface area contributed by atoms with Crippen LogP contribution in [0.2, 0.25) is 0 Å². The summed E-state index contributed by atoms with van der Waals surface area (Å²) in [7, 11) is -4.40. The van der Waals surface area contributed by atoms with Gasteiger partial charge in [-0.15, -0.1) is 0 Å². The van der Waals surface area contributed by atoms with E-state index in [9.17, 15) is 24.5 Å². The van der Waals surface area contributed by atoms with E-state index in [-0.39, 0.29) is 19.6 Å². The van der Waals surface area contributed by atoms with Gasteiger partial charge in [-0.3, -0.25) is 13.8 Å². The number of nitrogens with two attached hydrogens (primary N) is 1. The van der Waals surface area contributed by atoms with Gasteiger partial charge in [0, 0.05) is 6.54 Å². The normalized spacial score (nSPS) is 15.3. The number of carbonyl (C=O) groups excluding carboxylic acids is 1. The molecule has 6 N–H and O–H groups in total. The van der Waals surface area contributed by atoms with Gasteiger partial charge >= 0.3 is 7.82 Å². The van der Waals surface area contributed by atoms with Gasteiger partial charge in [0.05, 0.1) is 37.9 Å². The van der Waals surface area contributed by atoms with Crippen molar-refractivity contribution in [3.8, 4) is 0 Å². The molecule has 0 bridgehead atoms. The summed E-state index contributed by atoms with van der Waals surface area (Å²) >= 11 is 0. The number of amides is 1. The second kappa shape index (κ2) is 33.4. The predicted octanol–water partition coefficient (Wildman–Crippen LogP) is 8.80. The number of aliphatic hydroxyl groups is 2. The maximum absolute atomic E-state index is 12.7. The van der Waals surface area contributed by atoms with Crippen LogP contribution in [0.25, 0.3) is 0 Å². The summed E-state index contributed by atoms with van der Waals surface area (Å²) in [6.07, 6.45) is 32.6. The molecule has 10 heteroatoms. The van der Waals surface area contributed by atoms with E-state index in [1.54, 1.807) is 6.08 Å². The SMILES string of the molecule is CCCCCCCC/C=C/CC/C=C/C(O)C(COP(=O)(O)OCCN)NC(=O)CC(O)CCCCCCCCCCCCCCC. The zero-order valence-corrected chi connectivity index (χ0v) is 31.0. The van der Waals surface area contributed by atoms with Crippen LogP contribution in [-0.4, -0.2) is 59.0 Å². The van der Waals surface area contributed by atoms with Gasteiger partial charge < -0.3 is 26.2 Å². The lowest BCUT2D eigenvalue weighted by Crippen LogP contribution is -2.46. The summed E-state index contributed by atoms with van der Waals surface area (Å²) in [5.41, 5.74) is 5.34. The van der Waals surface area contributed by atoms with Crippen molar-refractivity contribution in [1.82, 2.24) is 5.32 Å². The number of rotatable bonds is 35. The Hall–Kier alpha value is -1.06. The van der Waals surface area contributed by atoms with Crippen molar-refractivity contribution in [3.05, 3.63) is 24.3 Å². The molecular weight excluding hydrogens is 615 g/mol. The van der Waals surface area contributed by atoms with Crippen molar-refractivity contribution in [2.45, 2.75) is 186 Å². The zero-order valence-electron chi connectivity index (χ0n) is 30.1. The van der Waals surface area contributed by atoms with Crippen LogP contribution >= 0.6 is 7.82 Å². The molecule has 278 valence electrons. The number of aliphatic hydroxyl groups excluding tert-OH is 2. The van der Waals surface area contributed by atoms with E-state index in [0.717, 1.165) is 32.1 Å². The van der Waals surface area contributed by atoms with Crippen LogP contribution in [0.4, 0.5) is 0 Å². The number of phosphoric acid groups is 1. The molecule has 4 atom stereocenters. The third kappa shape index (κ3) is 31.9. The first-order valence-corrected chi connectivity index (χ1v) is 20.5. The van der Waals surface area contributed by atoms with Crippen LogP contribution in [0.15, 0.2) is 24.3 Å². The van der Waals surface area contributed by atoms with Gasteiger partial charge in [-0.2, -0.15) is 0 Å². The molecule has 0 aromatic rings. The third-order valence-electron chi connectivity index (χ3n) is 8.33. The molecule has 0 saturated carbocycles. The van der Waals surface area contributed by atoms with E-state index in [2.05, 4.69) is 31.3 Å². The number of hydrogen-bond acceptors (Lipinski definition) is 7. The largest absolute Gasteiger partial charge is 0.472 e. The minimum absolute atomic E-state index is 0.0456. The molecule has 0 spiro atoms. The Morgan fingerprint density at radius 3 is 1.77 bits per heavy atom. The van der Waals surface area contributed by atoms with Gasteiger partial charge in [0.1, 0.15) is 0 Å². The number of phosphoric ester groups is 1. The van der Waals surface area contributed by atoms with Crippen LogP contribution < -0.4 is 11.1 Å². The smallest absolute Gasteiger partial charge is 0.393 e. The number of nitrogens with one attached hydrogen (secondary N) is 1. The predicted molar refractivity (Wildman–Crippen MR) is 195 cm³/mol. The monoisotopic (exact) mass is 689 g/mol. The first kappa shape index (κ1) is 45.9. The third-order valence-corrected chi connectivity index (χ3v) is 9.32. The Labute approximate surface area is 288 Å². The van der Waals surface area contributed by atoms with E-state index < -0.39 is 38.6 Å². The first-order chi connectivity index (χ1) is 22.8. The maximum atomic E-state index is 12.7. The van der Waals surface area contributed by atoms with Crippen molar-refractivity contribution in [2.75, 3.05) is 19.8 Å². The van der Waals surface area contributed by atoms with Gasteiger partial charge in [0.25, 0.3) is 0 Å². The fourth-order valence-corrected chi connectivity index (χ4v) is 6.19. The first-order valence-electron chi connectivity index (χ1n) is 19.0. The molecule has 0 heterocycles. The number of allylic oxidation sites excluding steroid dienone is 3.